The van der Waals surface area contributed by atoms with Gasteiger partial charge >= 0.3 is 0 Å². The number of tetrazole rings is 1. The number of para-hydroxylation sites is 1. The summed E-state index contributed by atoms with van der Waals surface area (Å²) in [6, 6.07) is 20.1. The Morgan fingerprint density at radius 1 is 1.00 bits per heavy atom. The fourth-order valence-corrected chi connectivity index (χ4v) is 3.67. The van der Waals surface area contributed by atoms with E-state index in [0.717, 1.165) is 31.0 Å². The lowest BCUT2D eigenvalue weighted by atomic mass is 9.75. The number of benzene rings is 2. The number of rotatable bonds is 4. The Balaban J connectivity index is 1.68. The highest BCUT2D eigenvalue weighted by molar-refractivity contribution is 5.43. The van der Waals surface area contributed by atoms with Gasteiger partial charge in [-0.05, 0) is 41.0 Å². The van der Waals surface area contributed by atoms with E-state index in [4.69, 9.17) is 0 Å². The minimum atomic E-state index is -0.285. The second kappa shape index (κ2) is 6.64. The molecule has 6 nitrogen and oxygen atoms in total. The molecule has 0 radical (unpaired) electrons. The summed E-state index contributed by atoms with van der Waals surface area (Å²) in [5, 5.41) is 22.5. The minimum Gasteiger partial charge on any atom is -0.395 e. The predicted octanol–water partition coefficient (Wildman–Crippen LogP) is 2.19. The van der Waals surface area contributed by atoms with Crippen LogP contribution in [0.5, 0.6) is 0 Å². The molecule has 0 bridgehead atoms. The number of anilines is 1. The Kier molecular flexibility index (Phi) is 4.19. The molecule has 1 saturated heterocycles. The van der Waals surface area contributed by atoms with Gasteiger partial charge in [0.15, 0.2) is 0 Å². The van der Waals surface area contributed by atoms with E-state index in [1.165, 1.54) is 5.56 Å². The highest BCUT2D eigenvalue weighted by Gasteiger charge is 2.38. The largest absolute Gasteiger partial charge is 0.395 e. The Morgan fingerprint density at radius 2 is 1.72 bits per heavy atom. The number of aliphatic hydroxyl groups is 1. The van der Waals surface area contributed by atoms with Crippen molar-refractivity contribution in [2.75, 3.05) is 24.6 Å². The number of aromatic nitrogens is 4. The molecule has 128 valence electrons. The Hall–Kier alpha value is -2.73. The van der Waals surface area contributed by atoms with E-state index in [-0.39, 0.29) is 12.0 Å². The first kappa shape index (κ1) is 15.8. The lowest BCUT2D eigenvalue weighted by Gasteiger charge is -2.42. The molecular formula is C19H21N5O. The number of piperidine rings is 1. The molecule has 0 saturated carbocycles. The first-order valence-corrected chi connectivity index (χ1v) is 8.58. The molecule has 0 spiro atoms. The van der Waals surface area contributed by atoms with Gasteiger partial charge in [-0.15, -0.1) is 0 Å². The monoisotopic (exact) mass is 335 g/mol. The van der Waals surface area contributed by atoms with Crippen molar-refractivity contribution in [3.63, 3.8) is 0 Å². The first-order valence-electron chi connectivity index (χ1n) is 8.58. The predicted molar refractivity (Wildman–Crippen MR) is 95.8 cm³/mol. The van der Waals surface area contributed by atoms with Gasteiger partial charge in [0.05, 0.1) is 12.3 Å². The van der Waals surface area contributed by atoms with Crippen molar-refractivity contribution in [2.24, 2.45) is 0 Å². The molecule has 1 aliphatic rings. The maximum Gasteiger partial charge on any atom is 0.250 e. The minimum absolute atomic E-state index is 0.112. The van der Waals surface area contributed by atoms with E-state index >= 15 is 0 Å². The second-order valence-corrected chi connectivity index (χ2v) is 6.56. The summed E-state index contributed by atoms with van der Waals surface area (Å²) in [5.41, 5.74) is 1.82. The summed E-state index contributed by atoms with van der Waals surface area (Å²) in [6.45, 7) is 1.68. The van der Waals surface area contributed by atoms with Crippen LogP contribution in [0.2, 0.25) is 0 Å². The van der Waals surface area contributed by atoms with Crippen molar-refractivity contribution >= 4 is 5.95 Å². The third kappa shape index (κ3) is 2.89. The van der Waals surface area contributed by atoms with Crippen LogP contribution in [-0.4, -0.2) is 45.0 Å². The molecule has 0 aliphatic carbocycles. The molecule has 4 rings (SSSR count). The maximum absolute atomic E-state index is 10.2. The highest BCUT2D eigenvalue weighted by Crippen LogP contribution is 2.35. The summed E-state index contributed by atoms with van der Waals surface area (Å²) in [6.07, 6.45) is 1.94. The molecule has 1 atom stereocenters. The lowest BCUT2D eigenvalue weighted by molar-refractivity contribution is 0.171. The zero-order valence-corrected chi connectivity index (χ0v) is 14.0. The van der Waals surface area contributed by atoms with Gasteiger partial charge in [-0.2, -0.15) is 4.68 Å². The van der Waals surface area contributed by atoms with E-state index in [2.05, 4.69) is 32.6 Å². The van der Waals surface area contributed by atoms with Crippen LogP contribution in [0.1, 0.15) is 18.4 Å². The Morgan fingerprint density at radius 3 is 2.44 bits per heavy atom. The SMILES string of the molecule is OC[C@@]1(c2ccccc2)CCCN(c2nnnn2-c2ccccc2)C1. The van der Waals surface area contributed by atoms with Crippen LogP contribution >= 0.6 is 0 Å². The van der Waals surface area contributed by atoms with Crippen molar-refractivity contribution in [1.82, 2.24) is 20.2 Å². The van der Waals surface area contributed by atoms with E-state index < -0.39 is 0 Å². The van der Waals surface area contributed by atoms with Crippen LogP contribution in [0, 0.1) is 0 Å². The van der Waals surface area contributed by atoms with Crippen LogP contribution in [0.25, 0.3) is 5.69 Å². The molecule has 25 heavy (non-hydrogen) atoms. The van der Waals surface area contributed by atoms with Crippen LogP contribution in [-0.2, 0) is 5.41 Å². The average Bonchev–Trinajstić information content (AvgIpc) is 3.19. The molecule has 3 aromatic rings. The zero-order valence-electron chi connectivity index (χ0n) is 14.0. The molecule has 1 N–H and O–H groups in total. The molecule has 1 fully saturated rings. The first-order chi connectivity index (χ1) is 12.3. The van der Waals surface area contributed by atoms with Gasteiger partial charge in [0, 0.05) is 18.5 Å². The summed E-state index contributed by atoms with van der Waals surface area (Å²) < 4.78 is 1.76. The smallest absolute Gasteiger partial charge is 0.250 e. The summed E-state index contributed by atoms with van der Waals surface area (Å²) in [5.74, 6) is 0.722. The van der Waals surface area contributed by atoms with Crippen LogP contribution in [0.4, 0.5) is 5.95 Å². The van der Waals surface area contributed by atoms with Crippen molar-refractivity contribution in [3.8, 4) is 5.69 Å². The van der Waals surface area contributed by atoms with Crippen molar-refractivity contribution in [3.05, 3.63) is 66.2 Å². The fourth-order valence-electron chi connectivity index (χ4n) is 3.67. The molecule has 2 heterocycles. The average molecular weight is 335 g/mol. The van der Waals surface area contributed by atoms with Crippen molar-refractivity contribution in [2.45, 2.75) is 18.3 Å². The Bertz CT molecular complexity index is 820. The zero-order chi connectivity index (χ0) is 17.1. The maximum atomic E-state index is 10.2. The fraction of sp³-hybridized carbons (Fsp3) is 0.316. The van der Waals surface area contributed by atoms with Gasteiger partial charge in [0.1, 0.15) is 0 Å². The lowest BCUT2D eigenvalue weighted by Crippen LogP contribution is -2.49. The molecule has 1 aromatic heterocycles. The summed E-state index contributed by atoms with van der Waals surface area (Å²) in [7, 11) is 0. The van der Waals surface area contributed by atoms with Gasteiger partial charge < -0.3 is 10.0 Å². The van der Waals surface area contributed by atoms with Gasteiger partial charge in [-0.1, -0.05) is 53.6 Å². The quantitative estimate of drug-likeness (QED) is 0.792. The number of hydrogen-bond acceptors (Lipinski definition) is 5. The van der Waals surface area contributed by atoms with E-state index in [1.807, 2.05) is 48.5 Å². The van der Waals surface area contributed by atoms with E-state index in [0.29, 0.717) is 6.54 Å². The number of nitrogens with zero attached hydrogens (tertiary/aromatic N) is 5. The molecule has 6 heteroatoms. The molecule has 0 amide bonds. The van der Waals surface area contributed by atoms with Gasteiger partial charge in [0.2, 0.25) is 5.95 Å². The highest BCUT2D eigenvalue weighted by atomic mass is 16.3. The number of aliphatic hydroxyl groups excluding tert-OH is 1. The Labute approximate surface area is 146 Å². The molecule has 0 unspecified atom stereocenters. The number of hydrogen-bond donors (Lipinski definition) is 1. The van der Waals surface area contributed by atoms with Crippen LogP contribution < -0.4 is 4.90 Å². The van der Waals surface area contributed by atoms with Crippen LogP contribution in [0.3, 0.4) is 0 Å². The van der Waals surface area contributed by atoms with Crippen molar-refractivity contribution < 1.29 is 5.11 Å². The molecule has 2 aromatic carbocycles. The van der Waals surface area contributed by atoms with Gasteiger partial charge in [-0.3, -0.25) is 0 Å². The van der Waals surface area contributed by atoms with Gasteiger partial charge in [0.25, 0.3) is 0 Å². The third-order valence-corrected chi connectivity index (χ3v) is 5.00. The molecular weight excluding hydrogens is 314 g/mol. The standard InChI is InChI=1S/C19H21N5O/c25-15-19(16-8-3-1-4-9-16)12-7-13-23(14-19)18-20-21-22-24(18)17-10-5-2-6-11-17/h1-6,8-11,25H,7,12-15H2/t19-/m1/s1. The topological polar surface area (TPSA) is 67.1 Å². The van der Waals surface area contributed by atoms with Crippen molar-refractivity contribution in [1.29, 1.82) is 0 Å². The molecule has 1 aliphatic heterocycles. The van der Waals surface area contributed by atoms with Crippen LogP contribution in [0.15, 0.2) is 60.7 Å². The van der Waals surface area contributed by atoms with Gasteiger partial charge in [-0.25, -0.2) is 0 Å². The summed E-state index contributed by atoms with van der Waals surface area (Å²) >= 11 is 0. The van der Waals surface area contributed by atoms with E-state index in [9.17, 15) is 5.11 Å². The normalized spacial score (nSPS) is 20.6. The second-order valence-electron chi connectivity index (χ2n) is 6.56. The van der Waals surface area contributed by atoms with E-state index in [1.54, 1.807) is 4.68 Å². The summed E-state index contributed by atoms with van der Waals surface area (Å²) in [4.78, 5) is 2.18. The third-order valence-electron chi connectivity index (χ3n) is 5.00.